The molecule has 1 saturated carbocycles. The van der Waals surface area contributed by atoms with Gasteiger partial charge >= 0.3 is 5.97 Å². The van der Waals surface area contributed by atoms with Crippen LogP contribution in [0, 0.1) is 11.3 Å². The molecule has 8 nitrogen and oxygen atoms in total. The van der Waals surface area contributed by atoms with Crippen LogP contribution in [0.4, 0.5) is 0 Å². The maximum absolute atomic E-state index is 11.8. The van der Waals surface area contributed by atoms with Gasteiger partial charge in [-0.15, -0.1) is 0 Å². The zero-order chi connectivity index (χ0) is 30.6. The number of piperidine rings is 1. The molecule has 1 aliphatic carbocycles. The van der Waals surface area contributed by atoms with E-state index in [0.29, 0.717) is 33.5 Å². The lowest BCUT2D eigenvalue weighted by Gasteiger charge is -2.47. The minimum Gasteiger partial charge on any atom is -0.478 e. The number of para-hydroxylation sites is 1. The lowest BCUT2D eigenvalue weighted by Crippen LogP contribution is -2.40. The van der Waals surface area contributed by atoms with Crippen molar-refractivity contribution in [1.82, 2.24) is 19.4 Å². The van der Waals surface area contributed by atoms with E-state index in [1.54, 1.807) is 24.4 Å². The summed E-state index contributed by atoms with van der Waals surface area (Å²) in [4.78, 5) is 23.8. The van der Waals surface area contributed by atoms with Gasteiger partial charge in [0.15, 0.2) is 11.5 Å². The fourth-order valence-corrected chi connectivity index (χ4v) is 7.40. The summed E-state index contributed by atoms with van der Waals surface area (Å²) in [5, 5.41) is 10.2. The second-order valence-corrected chi connectivity index (χ2v) is 13.6. The number of pyridine rings is 1. The van der Waals surface area contributed by atoms with E-state index in [4.69, 9.17) is 26.1 Å². The Hall–Kier alpha value is -3.62. The minimum absolute atomic E-state index is 0.308. The number of halogens is 1. The molecule has 0 radical (unpaired) electrons. The Labute approximate surface area is 263 Å². The highest BCUT2D eigenvalue weighted by atomic mass is 35.5. The molecule has 1 saturated heterocycles. The van der Waals surface area contributed by atoms with Crippen LogP contribution in [0.5, 0.6) is 11.5 Å². The molecule has 1 unspecified atom stereocenters. The maximum atomic E-state index is 11.8. The van der Waals surface area contributed by atoms with E-state index in [-0.39, 0.29) is 0 Å². The molecule has 2 aromatic heterocycles. The number of hydrogen-bond donors (Lipinski definition) is 1. The first-order valence-corrected chi connectivity index (χ1v) is 16.1. The molecule has 0 amide bonds. The Morgan fingerprint density at radius 3 is 2.59 bits per heavy atom. The fourth-order valence-electron chi connectivity index (χ4n) is 7.29. The number of fused-ring (bicyclic) bond motifs is 2. The lowest BCUT2D eigenvalue weighted by atomic mass is 9.60. The number of carboxylic acid groups (broad SMARTS) is 1. The smallest absolute Gasteiger partial charge is 0.335 e. The van der Waals surface area contributed by atoms with E-state index < -0.39 is 11.8 Å². The van der Waals surface area contributed by atoms with Crippen molar-refractivity contribution in [3.8, 4) is 11.5 Å². The summed E-state index contributed by atoms with van der Waals surface area (Å²) in [6, 6.07) is 15.1. The van der Waals surface area contributed by atoms with Crippen molar-refractivity contribution >= 4 is 28.6 Å². The number of hydrogen-bond acceptors (Lipinski definition) is 6. The number of benzene rings is 2. The molecule has 44 heavy (non-hydrogen) atoms. The monoisotopic (exact) mass is 614 g/mol. The van der Waals surface area contributed by atoms with Crippen LogP contribution < -0.4 is 9.47 Å². The predicted molar refractivity (Wildman–Crippen MR) is 169 cm³/mol. The Morgan fingerprint density at radius 1 is 1.09 bits per heavy atom. The highest BCUT2D eigenvalue weighted by Crippen LogP contribution is 2.51. The van der Waals surface area contributed by atoms with E-state index in [1.165, 1.54) is 18.4 Å². The number of rotatable bonds is 8. The van der Waals surface area contributed by atoms with E-state index in [0.717, 1.165) is 73.8 Å². The van der Waals surface area contributed by atoms with E-state index in [9.17, 15) is 9.90 Å². The number of aromatic nitrogens is 3. The third-order valence-corrected chi connectivity index (χ3v) is 10.8. The molecule has 3 aliphatic rings. The summed E-state index contributed by atoms with van der Waals surface area (Å²) in [6.07, 6.45) is 7.21. The molecule has 0 bridgehead atoms. The topological polar surface area (TPSA) is 89.7 Å². The molecule has 4 aromatic rings. The number of aromatic carboxylic acids is 1. The largest absolute Gasteiger partial charge is 0.478 e. The molecule has 1 N–H and O–H groups in total. The molecule has 9 heteroatoms. The first-order chi connectivity index (χ1) is 21.2. The Balaban J connectivity index is 1.09. The van der Waals surface area contributed by atoms with E-state index in [1.807, 2.05) is 31.2 Å². The summed E-state index contributed by atoms with van der Waals surface area (Å²) < 4.78 is 15.1. The van der Waals surface area contributed by atoms with Crippen molar-refractivity contribution in [1.29, 1.82) is 0 Å². The van der Waals surface area contributed by atoms with Crippen LogP contribution in [0.25, 0.3) is 11.0 Å². The lowest BCUT2D eigenvalue weighted by molar-refractivity contribution is -0.0722. The zero-order valence-electron chi connectivity index (χ0n) is 25.6. The third kappa shape index (κ3) is 5.12. The Morgan fingerprint density at radius 2 is 1.91 bits per heavy atom. The third-order valence-electron chi connectivity index (χ3n) is 10.5. The maximum Gasteiger partial charge on any atom is 0.335 e. The molecule has 0 spiro atoms. The molecule has 7 rings (SSSR count). The van der Waals surface area contributed by atoms with Crippen LogP contribution in [0.1, 0.15) is 86.2 Å². The van der Waals surface area contributed by atoms with Gasteiger partial charge in [-0.25, -0.2) is 9.78 Å². The van der Waals surface area contributed by atoms with Crippen molar-refractivity contribution in [3.63, 3.8) is 0 Å². The van der Waals surface area contributed by atoms with Crippen LogP contribution in [0.3, 0.4) is 0 Å². The SMILES string of the molecule is CCC1(C)CC[C@H]1Cn1c(CN2CCC(c3cccc4c3O[C@@](C)(c3ccc(Cl)cn3)O4)CC2)nc2ccc(C(=O)O)cc21. The number of imidazole rings is 1. The van der Waals surface area contributed by atoms with Gasteiger partial charge in [-0.05, 0) is 92.4 Å². The van der Waals surface area contributed by atoms with Gasteiger partial charge < -0.3 is 19.1 Å². The number of carboxylic acids is 1. The summed E-state index contributed by atoms with van der Waals surface area (Å²) in [6.45, 7) is 10.1. The number of likely N-dealkylation sites (tertiary alicyclic amines) is 1. The quantitative estimate of drug-likeness (QED) is 0.218. The summed E-state index contributed by atoms with van der Waals surface area (Å²) in [5.74, 6) is 1.58. The summed E-state index contributed by atoms with van der Waals surface area (Å²) >= 11 is 6.06. The molecule has 2 aromatic carbocycles. The van der Waals surface area contributed by atoms with Gasteiger partial charge in [0.25, 0.3) is 5.79 Å². The van der Waals surface area contributed by atoms with Crippen molar-refractivity contribution in [2.75, 3.05) is 13.1 Å². The predicted octanol–water partition coefficient (Wildman–Crippen LogP) is 7.63. The molecular weight excluding hydrogens is 576 g/mol. The van der Waals surface area contributed by atoms with Gasteiger partial charge in [-0.1, -0.05) is 44.0 Å². The van der Waals surface area contributed by atoms with Crippen LogP contribution >= 0.6 is 11.6 Å². The van der Waals surface area contributed by atoms with Gasteiger partial charge in [0.2, 0.25) is 0 Å². The zero-order valence-corrected chi connectivity index (χ0v) is 26.3. The molecule has 2 fully saturated rings. The average Bonchev–Trinajstić information content (AvgIpc) is 3.55. The van der Waals surface area contributed by atoms with Gasteiger partial charge in [0.05, 0.1) is 28.2 Å². The summed E-state index contributed by atoms with van der Waals surface area (Å²) in [7, 11) is 0. The van der Waals surface area contributed by atoms with Crippen molar-refractivity contribution < 1.29 is 19.4 Å². The van der Waals surface area contributed by atoms with Crippen LogP contribution in [-0.4, -0.2) is 43.6 Å². The first kappa shape index (κ1) is 29.1. The Bertz CT molecular complexity index is 1710. The highest BCUT2D eigenvalue weighted by molar-refractivity contribution is 6.30. The molecule has 3 atom stereocenters. The second-order valence-electron chi connectivity index (χ2n) is 13.1. The fraction of sp³-hybridized carbons (Fsp3) is 0.457. The molecule has 230 valence electrons. The highest BCUT2D eigenvalue weighted by Gasteiger charge is 2.43. The number of carbonyl (C=O) groups is 1. The van der Waals surface area contributed by atoms with E-state index >= 15 is 0 Å². The van der Waals surface area contributed by atoms with Crippen LogP contribution in [0.15, 0.2) is 54.7 Å². The molecule has 4 heterocycles. The van der Waals surface area contributed by atoms with Crippen molar-refractivity contribution in [3.05, 3.63) is 82.4 Å². The Kier molecular flexibility index (Phi) is 7.33. The summed E-state index contributed by atoms with van der Waals surface area (Å²) in [5.41, 5.74) is 4.29. The first-order valence-electron chi connectivity index (χ1n) is 15.7. The van der Waals surface area contributed by atoms with Crippen molar-refractivity contribution in [2.45, 2.75) is 77.7 Å². The number of nitrogens with zero attached hydrogens (tertiary/aromatic N) is 4. The van der Waals surface area contributed by atoms with Crippen LogP contribution in [0.2, 0.25) is 5.02 Å². The van der Waals surface area contributed by atoms with E-state index in [2.05, 4.69) is 34.4 Å². The molecule has 2 aliphatic heterocycles. The van der Waals surface area contributed by atoms with Gasteiger partial charge in [-0.2, -0.15) is 0 Å². The second kappa shape index (κ2) is 11.1. The van der Waals surface area contributed by atoms with Gasteiger partial charge in [0.1, 0.15) is 11.5 Å². The molecular formula is C35H39ClN4O4. The number of ether oxygens (including phenoxy) is 2. The normalized spacial score (nSPS) is 25.3. The van der Waals surface area contributed by atoms with Gasteiger partial charge in [0, 0.05) is 25.2 Å². The average molecular weight is 615 g/mol. The van der Waals surface area contributed by atoms with Crippen LogP contribution in [-0.2, 0) is 18.9 Å². The standard InChI is InChI=1S/C35H39ClN4O4/c1-4-34(2)15-12-24(34)20-40-28-18-23(33(41)42)8-10-27(28)38-31(40)21-39-16-13-22(14-17-39)26-6-5-7-29-32(26)44-35(3,43-29)30-11-9-25(36)19-37-30/h5-11,18-19,22,24H,4,12-17,20-21H2,1-3H3,(H,41,42)/t24-,34?,35-/m0/s1. The van der Waals surface area contributed by atoms with Gasteiger partial charge in [-0.3, -0.25) is 9.88 Å². The van der Waals surface area contributed by atoms with Crippen molar-refractivity contribution in [2.24, 2.45) is 11.3 Å². The minimum atomic E-state index is -1.00.